The molecule has 0 unspecified atom stereocenters. The summed E-state index contributed by atoms with van der Waals surface area (Å²) in [7, 11) is 1.60. The smallest absolute Gasteiger partial charge is 0.178 e. The summed E-state index contributed by atoms with van der Waals surface area (Å²) >= 11 is 6.42. The molecule has 1 aromatic carbocycles. The van der Waals surface area contributed by atoms with E-state index < -0.39 is 0 Å². The van der Waals surface area contributed by atoms with Gasteiger partial charge in [-0.25, -0.2) is 4.98 Å². The molecule has 4 heterocycles. The number of pyridine rings is 2. The van der Waals surface area contributed by atoms with Gasteiger partial charge in [0.2, 0.25) is 0 Å². The van der Waals surface area contributed by atoms with E-state index >= 15 is 0 Å². The average Bonchev–Trinajstić information content (AvgIpc) is 3.24. The Bertz CT molecular complexity index is 1470. The first-order valence-corrected chi connectivity index (χ1v) is 10.7. The number of hydrogen-bond donors (Lipinski definition) is 2. The molecule has 5 rings (SSSR count). The minimum absolute atomic E-state index is 0.141. The van der Waals surface area contributed by atoms with Crippen molar-refractivity contribution in [1.82, 2.24) is 29.8 Å². The Morgan fingerprint density at radius 2 is 2.00 bits per heavy atom. The summed E-state index contributed by atoms with van der Waals surface area (Å²) in [5.74, 6) is 1.31. The van der Waals surface area contributed by atoms with Gasteiger partial charge >= 0.3 is 0 Å². The summed E-state index contributed by atoms with van der Waals surface area (Å²) in [6.45, 7) is 2.30. The van der Waals surface area contributed by atoms with Gasteiger partial charge in [0.25, 0.3) is 0 Å². The van der Waals surface area contributed by atoms with E-state index in [0.29, 0.717) is 28.8 Å². The maximum atomic E-state index is 6.42. The van der Waals surface area contributed by atoms with Crippen molar-refractivity contribution >= 4 is 34.0 Å². The Balaban J connectivity index is 1.44. The van der Waals surface area contributed by atoms with E-state index in [0.717, 1.165) is 33.5 Å². The van der Waals surface area contributed by atoms with E-state index in [-0.39, 0.29) is 6.04 Å². The van der Waals surface area contributed by atoms with Crippen LogP contribution in [0.3, 0.4) is 0 Å². The number of aromatic nitrogens is 6. The van der Waals surface area contributed by atoms with Crippen LogP contribution in [0, 0.1) is 0 Å². The molecule has 0 radical (unpaired) electrons. The zero-order valence-electron chi connectivity index (χ0n) is 18.0. The predicted molar refractivity (Wildman–Crippen MR) is 127 cm³/mol. The normalized spacial score (nSPS) is 12.2. The van der Waals surface area contributed by atoms with Crippen molar-refractivity contribution in [2.45, 2.75) is 19.5 Å². The second kappa shape index (κ2) is 8.61. The third kappa shape index (κ3) is 4.04. The molecule has 10 heteroatoms. The Labute approximate surface area is 194 Å². The zero-order chi connectivity index (χ0) is 22.9. The second-order valence-electron chi connectivity index (χ2n) is 7.58. The van der Waals surface area contributed by atoms with Crippen LogP contribution in [0.4, 0.5) is 5.69 Å². The summed E-state index contributed by atoms with van der Waals surface area (Å²) in [5, 5.41) is 17.2. The lowest BCUT2D eigenvalue weighted by molar-refractivity contribution is 0.413. The Hall–Kier alpha value is -3.82. The summed E-state index contributed by atoms with van der Waals surface area (Å²) in [6.07, 6.45) is 3.39. The van der Waals surface area contributed by atoms with Gasteiger partial charge in [0, 0.05) is 28.9 Å². The number of methoxy groups -OCH3 is 1. The molecule has 0 bridgehead atoms. The molecule has 0 aliphatic heterocycles. The van der Waals surface area contributed by atoms with E-state index in [2.05, 4.69) is 25.5 Å². The fraction of sp³-hybridized carbons (Fsp3) is 0.174. The molecular formula is C23H21ClN8O. The molecule has 166 valence electrons. The highest BCUT2D eigenvalue weighted by atomic mass is 35.5. The summed E-state index contributed by atoms with van der Waals surface area (Å²) in [5.41, 5.74) is 11.5. The molecule has 0 fully saturated rings. The quantitative estimate of drug-likeness (QED) is 0.390. The lowest BCUT2D eigenvalue weighted by atomic mass is 10.0. The van der Waals surface area contributed by atoms with Gasteiger partial charge in [0.1, 0.15) is 11.3 Å². The molecule has 0 amide bonds. The van der Waals surface area contributed by atoms with E-state index in [9.17, 15) is 0 Å². The zero-order valence-corrected chi connectivity index (χ0v) is 18.8. The van der Waals surface area contributed by atoms with Gasteiger partial charge in [-0.1, -0.05) is 23.7 Å². The summed E-state index contributed by atoms with van der Waals surface area (Å²) < 4.78 is 6.95. The van der Waals surface area contributed by atoms with Crippen LogP contribution in [0.1, 0.15) is 24.4 Å². The summed E-state index contributed by atoms with van der Waals surface area (Å²) in [6, 6.07) is 13.1. The Morgan fingerprint density at radius 3 is 2.79 bits per heavy atom. The van der Waals surface area contributed by atoms with Gasteiger partial charge in [-0.05, 0) is 36.8 Å². The highest BCUT2D eigenvalue weighted by Crippen LogP contribution is 2.28. The number of nitrogens with one attached hydrogen (secondary N) is 1. The van der Waals surface area contributed by atoms with E-state index in [1.54, 1.807) is 24.0 Å². The van der Waals surface area contributed by atoms with E-state index in [1.165, 1.54) is 0 Å². The van der Waals surface area contributed by atoms with E-state index in [4.69, 9.17) is 27.2 Å². The van der Waals surface area contributed by atoms with Gasteiger partial charge in [-0.2, -0.15) is 9.61 Å². The number of halogens is 1. The highest BCUT2D eigenvalue weighted by molar-refractivity contribution is 6.31. The van der Waals surface area contributed by atoms with Gasteiger partial charge in [0.05, 0.1) is 36.7 Å². The molecule has 3 N–H and O–H groups in total. The van der Waals surface area contributed by atoms with Crippen LogP contribution in [-0.2, 0) is 6.54 Å². The largest absolute Gasteiger partial charge is 0.495 e. The molecular weight excluding hydrogens is 440 g/mol. The number of hydrogen-bond acceptors (Lipinski definition) is 8. The summed E-state index contributed by atoms with van der Waals surface area (Å²) in [4.78, 5) is 8.83. The minimum atomic E-state index is -0.141. The molecule has 9 nitrogen and oxygen atoms in total. The molecule has 33 heavy (non-hydrogen) atoms. The van der Waals surface area contributed by atoms with Crippen molar-refractivity contribution in [2.24, 2.45) is 5.73 Å². The van der Waals surface area contributed by atoms with Crippen molar-refractivity contribution in [1.29, 1.82) is 0 Å². The van der Waals surface area contributed by atoms with Gasteiger partial charge in [-0.15, -0.1) is 10.2 Å². The van der Waals surface area contributed by atoms with Crippen LogP contribution in [0.2, 0.25) is 5.02 Å². The molecule has 0 aliphatic rings. The van der Waals surface area contributed by atoms with Crippen molar-refractivity contribution in [3.05, 3.63) is 71.3 Å². The number of ether oxygens (including phenoxy) is 1. The Morgan fingerprint density at radius 1 is 1.12 bits per heavy atom. The number of nitrogens with zero attached hydrogens (tertiary/aromatic N) is 6. The first kappa shape index (κ1) is 21.0. The SMILES string of the molecule is COc1cnc2c(NCc3nnc4ccc(-c5ccc([C@H](C)N)c(Cl)c5)nn34)ccnc2c1. The van der Waals surface area contributed by atoms with Crippen molar-refractivity contribution < 1.29 is 4.74 Å². The number of rotatable bonds is 6. The molecule has 0 saturated carbocycles. The molecule has 1 atom stereocenters. The van der Waals surface area contributed by atoms with Gasteiger partial charge in [0.15, 0.2) is 11.5 Å². The molecule has 0 saturated heterocycles. The van der Waals surface area contributed by atoms with Gasteiger partial charge in [-0.3, -0.25) is 4.98 Å². The molecule has 0 aliphatic carbocycles. The predicted octanol–water partition coefficient (Wildman–Crippen LogP) is 4.03. The van der Waals surface area contributed by atoms with Crippen LogP contribution in [0.15, 0.2) is 54.9 Å². The third-order valence-corrected chi connectivity index (χ3v) is 5.67. The van der Waals surface area contributed by atoms with Crippen LogP contribution in [0.5, 0.6) is 5.75 Å². The first-order chi connectivity index (χ1) is 16.0. The maximum absolute atomic E-state index is 6.42. The lowest BCUT2D eigenvalue weighted by Crippen LogP contribution is -2.08. The molecule has 4 aromatic heterocycles. The number of nitrogens with two attached hydrogens (primary N) is 1. The van der Waals surface area contributed by atoms with Crippen LogP contribution < -0.4 is 15.8 Å². The van der Waals surface area contributed by atoms with E-state index in [1.807, 2.05) is 49.4 Å². The number of anilines is 1. The van der Waals surface area contributed by atoms with Crippen LogP contribution >= 0.6 is 11.6 Å². The van der Waals surface area contributed by atoms with Crippen molar-refractivity contribution in [3.8, 4) is 17.0 Å². The first-order valence-electron chi connectivity index (χ1n) is 10.3. The topological polar surface area (TPSA) is 116 Å². The lowest BCUT2D eigenvalue weighted by Gasteiger charge is -2.10. The second-order valence-corrected chi connectivity index (χ2v) is 7.99. The fourth-order valence-electron chi connectivity index (χ4n) is 3.59. The molecule has 0 spiro atoms. The monoisotopic (exact) mass is 460 g/mol. The van der Waals surface area contributed by atoms with Crippen molar-refractivity contribution in [3.63, 3.8) is 0 Å². The van der Waals surface area contributed by atoms with Crippen LogP contribution in [-0.4, -0.2) is 36.9 Å². The standard InChI is InChI=1S/C23H21ClN8O/c1-13(25)16-4-3-14(9-17(16)24)18-5-6-21-29-30-22(32(21)31-18)12-27-19-7-8-26-20-10-15(33-2)11-28-23(19)20/h3-11,13H,12,25H2,1-2H3,(H,26,27)/t13-/m0/s1. The van der Waals surface area contributed by atoms with Crippen molar-refractivity contribution in [2.75, 3.05) is 12.4 Å². The highest BCUT2D eigenvalue weighted by Gasteiger charge is 2.12. The third-order valence-electron chi connectivity index (χ3n) is 5.34. The number of fused-ring (bicyclic) bond motifs is 2. The van der Waals surface area contributed by atoms with Crippen LogP contribution in [0.25, 0.3) is 27.9 Å². The average molecular weight is 461 g/mol. The Kier molecular flexibility index (Phi) is 5.49. The fourth-order valence-corrected chi connectivity index (χ4v) is 3.95. The van der Waals surface area contributed by atoms with Gasteiger partial charge < -0.3 is 15.8 Å². The number of benzene rings is 1. The molecule has 5 aromatic rings. The minimum Gasteiger partial charge on any atom is -0.495 e. The maximum Gasteiger partial charge on any atom is 0.178 e.